The van der Waals surface area contributed by atoms with Crippen LogP contribution in [-0.2, 0) is 0 Å². The Labute approximate surface area is 241 Å². The molecule has 3 aromatic rings. The molecule has 0 spiro atoms. The Morgan fingerprint density at radius 1 is 0.927 bits per heavy atom. The molecular formula is C33H36N2O6. The normalized spacial score (nSPS) is 14.0. The maximum atomic E-state index is 12.9. The van der Waals surface area contributed by atoms with Crippen LogP contribution in [0.25, 0.3) is 0 Å². The van der Waals surface area contributed by atoms with Crippen molar-refractivity contribution in [3.05, 3.63) is 88.8 Å². The molecule has 0 aliphatic carbocycles. The van der Waals surface area contributed by atoms with Gasteiger partial charge in [0.1, 0.15) is 28.9 Å². The molecule has 0 fully saturated rings. The lowest BCUT2D eigenvalue weighted by Crippen LogP contribution is -2.21. The number of carbonyl (C=O) groups excluding carboxylic acids is 1. The summed E-state index contributed by atoms with van der Waals surface area (Å²) in [7, 11) is 1.58. The number of esters is 1. The van der Waals surface area contributed by atoms with Crippen molar-refractivity contribution in [2.45, 2.75) is 51.9 Å². The van der Waals surface area contributed by atoms with Crippen molar-refractivity contribution < 1.29 is 28.5 Å². The summed E-state index contributed by atoms with van der Waals surface area (Å²) in [5.74, 6) is 1.45. The van der Waals surface area contributed by atoms with E-state index in [1.807, 2.05) is 18.2 Å². The van der Waals surface area contributed by atoms with Crippen LogP contribution in [-0.4, -0.2) is 26.3 Å². The molecule has 41 heavy (non-hydrogen) atoms. The average Bonchev–Trinajstić information content (AvgIpc) is 2.99. The number of nitrogens with two attached hydrogens (primary N) is 1. The number of nitrogens with zero attached hydrogens (tertiary/aromatic N) is 1. The quantitative estimate of drug-likeness (QED) is 0.138. The number of allylic oxidation sites excluding steroid dienone is 1. The van der Waals surface area contributed by atoms with E-state index in [9.17, 15) is 10.1 Å². The van der Waals surface area contributed by atoms with E-state index in [0.717, 1.165) is 37.7 Å². The molecule has 1 atom stereocenters. The van der Waals surface area contributed by atoms with Crippen molar-refractivity contribution in [2.75, 3.05) is 20.3 Å². The lowest BCUT2D eigenvalue weighted by Gasteiger charge is -2.27. The molecule has 4 rings (SSSR count). The minimum Gasteiger partial charge on any atom is -0.494 e. The third kappa shape index (κ3) is 7.12. The zero-order chi connectivity index (χ0) is 29.2. The van der Waals surface area contributed by atoms with Crippen LogP contribution in [0.3, 0.4) is 0 Å². The van der Waals surface area contributed by atoms with Gasteiger partial charge in [0.05, 0.1) is 31.8 Å². The monoisotopic (exact) mass is 556 g/mol. The molecule has 0 bridgehead atoms. The van der Waals surface area contributed by atoms with Gasteiger partial charge in [-0.25, -0.2) is 4.79 Å². The molecule has 1 aliphatic rings. The fourth-order valence-electron chi connectivity index (χ4n) is 4.57. The molecule has 2 N–H and O–H groups in total. The molecule has 214 valence electrons. The fourth-order valence-corrected chi connectivity index (χ4v) is 4.57. The number of rotatable bonds is 13. The van der Waals surface area contributed by atoms with Gasteiger partial charge in [0.15, 0.2) is 11.5 Å². The van der Waals surface area contributed by atoms with E-state index < -0.39 is 11.9 Å². The van der Waals surface area contributed by atoms with Crippen LogP contribution in [0.1, 0.15) is 73.4 Å². The highest BCUT2D eigenvalue weighted by atomic mass is 16.5. The van der Waals surface area contributed by atoms with E-state index in [1.165, 1.54) is 0 Å². The number of carbonyl (C=O) groups is 1. The molecule has 8 heteroatoms. The first-order valence-corrected chi connectivity index (χ1v) is 14.0. The first kappa shape index (κ1) is 29.3. The van der Waals surface area contributed by atoms with Crippen molar-refractivity contribution in [3.63, 3.8) is 0 Å². The van der Waals surface area contributed by atoms with E-state index in [1.54, 1.807) is 49.6 Å². The van der Waals surface area contributed by atoms with Gasteiger partial charge < -0.3 is 29.4 Å². The van der Waals surface area contributed by atoms with Gasteiger partial charge in [0, 0.05) is 11.6 Å². The third-order valence-corrected chi connectivity index (χ3v) is 6.76. The Balaban J connectivity index is 1.57. The van der Waals surface area contributed by atoms with Gasteiger partial charge in [-0.3, -0.25) is 0 Å². The van der Waals surface area contributed by atoms with Gasteiger partial charge in [-0.2, -0.15) is 5.26 Å². The number of ether oxygens (including phenoxy) is 5. The molecule has 1 aliphatic heterocycles. The Bertz CT molecular complexity index is 1440. The number of unbranched alkanes of at least 4 members (excludes halogenated alkanes) is 3. The van der Waals surface area contributed by atoms with Gasteiger partial charge in [0.2, 0.25) is 5.88 Å². The van der Waals surface area contributed by atoms with Crippen molar-refractivity contribution in [1.29, 1.82) is 5.26 Å². The summed E-state index contributed by atoms with van der Waals surface area (Å²) in [5.41, 5.74) is 8.34. The lowest BCUT2D eigenvalue weighted by molar-refractivity contribution is 0.0734. The van der Waals surface area contributed by atoms with Crippen LogP contribution in [0.2, 0.25) is 0 Å². The summed E-state index contributed by atoms with van der Waals surface area (Å²) >= 11 is 0. The second kappa shape index (κ2) is 14.1. The molecule has 0 radical (unpaired) electrons. The van der Waals surface area contributed by atoms with Crippen molar-refractivity contribution in [1.82, 2.24) is 0 Å². The predicted molar refractivity (Wildman–Crippen MR) is 156 cm³/mol. The summed E-state index contributed by atoms with van der Waals surface area (Å²) in [4.78, 5) is 12.9. The zero-order valence-corrected chi connectivity index (χ0v) is 23.8. The first-order valence-electron chi connectivity index (χ1n) is 14.0. The van der Waals surface area contributed by atoms with Gasteiger partial charge in [0.25, 0.3) is 0 Å². The number of hydrogen-bond donors (Lipinski definition) is 1. The van der Waals surface area contributed by atoms with E-state index in [2.05, 4.69) is 19.9 Å². The molecule has 8 nitrogen and oxygen atoms in total. The standard InChI is InChI=1S/C33H36N2O6/c1-4-6-8-17-39-28-15-12-22(19-30(28)37-3)31-26-14-13-25(20-29(26)41-32(35)27(31)21-34)40-33(36)23-10-9-11-24(18-23)38-16-7-5-2/h9-15,18-20,31H,4-8,16-17,35H2,1-3H3. The molecule has 0 saturated heterocycles. The minimum atomic E-state index is -0.529. The molecule has 0 saturated carbocycles. The van der Waals surface area contributed by atoms with Crippen LogP contribution in [0, 0.1) is 11.3 Å². The van der Waals surface area contributed by atoms with Gasteiger partial charge in [-0.05, 0) is 54.8 Å². The van der Waals surface area contributed by atoms with E-state index in [0.29, 0.717) is 47.3 Å². The maximum absolute atomic E-state index is 12.9. The molecular weight excluding hydrogens is 520 g/mol. The number of nitriles is 1. The summed E-state index contributed by atoms with van der Waals surface area (Å²) in [6.07, 6.45) is 5.10. The minimum absolute atomic E-state index is 0.00994. The summed E-state index contributed by atoms with van der Waals surface area (Å²) in [6, 6.07) is 19.7. The smallest absolute Gasteiger partial charge is 0.343 e. The largest absolute Gasteiger partial charge is 0.494 e. The molecule has 1 heterocycles. The average molecular weight is 557 g/mol. The number of fused-ring (bicyclic) bond motifs is 1. The maximum Gasteiger partial charge on any atom is 0.343 e. The van der Waals surface area contributed by atoms with Gasteiger partial charge in [-0.15, -0.1) is 0 Å². The van der Waals surface area contributed by atoms with Crippen LogP contribution in [0.15, 0.2) is 72.1 Å². The van der Waals surface area contributed by atoms with Crippen LogP contribution in [0.5, 0.6) is 28.7 Å². The lowest BCUT2D eigenvalue weighted by atomic mass is 9.83. The summed E-state index contributed by atoms with van der Waals surface area (Å²) < 4.78 is 28.7. The highest BCUT2D eigenvalue weighted by Gasteiger charge is 2.32. The molecule has 3 aromatic carbocycles. The van der Waals surface area contributed by atoms with E-state index in [-0.39, 0.29) is 17.2 Å². The number of methoxy groups -OCH3 is 1. The van der Waals surface area contributed by atoms with Crippen molar-refractivity contribution in [3.8, 4) is 34.8 Å². The molecule has 0 aromatic heterocycles. The summed E-state index contributed by atoms with van der Waals surface area (Å²) in [6.45, 7) is 5.41. The highest BCUT2D eigenvalue weighted by Crippen LogP contribution is 2.45. The van der Waals surface area contributed by atoms with E-state index >= 15 is 0 Å². The van der Waals surface area contributed by atoms with Crippen molar-refractivity contribution in [2.24, 2.45) is 5.73 Å². The Morgan fingerprint density at radius 3 is 2.49 bits per heavy atom. The highest BCUT2D eigenvalue weighted by molar-refractivity contribution is 5.91. The molecule has 1 unspecified atom stereocenters. The van der Waals surface area contributed by atoms with Crippen LogP contribution in [0.4, 0.5) is 0 Å². The first-order chi connectivity index (χ1) is 20.0. The summed E-state index contributed by atoms with van der Waals surface area (Å²) in [5, 5.41) is 9.95. The SMILES string of the molecule is CCCCCOc1ccc(C2C(C#N)=C(N)Oc3cc(OC(=O)c4cccc(OCCCC)c4)ccc32)cc1OC. The second-order valence-corrected chi connectivity index (χ2v) is 9.71. The van der Waals surface area contributed by atoms with Gasteiger partial charge >= 0.3 is 5.97 Å². The van der Waals surface area contributed by atoms with E-state index in [4.69, 9.17) is 29.4 Å². The fraction of sp³-hybridized carbons (Fsp3) is 0.333. The van der Waals surface area contributed by atoms with Crippen LogP contribution >= 0.6 is 0 Å². The number of benzene rings is 3. The molecule has 0 amide bonds. The Hall–Kier alpha value is -4.64. The Morgan fingerprint density at radius 2 is 1.73 bits per heavy atom. The topological polar surface area (TPSA) is 113 Å². The predicted octanol–water partition coefficient (Wildman–Crippen LogP) is 6.88. The number of hydrogen-bond acceptors (Lipinski definition) is 8. The third-order valence-electron chi connectivity index (χ3n) is 6.76. The second-order valence-electron chi connectivity index (χ2n) is 9.71. The van der Waals surface area contributed by atoms with Crippen LogP contribution < -0.4 is 29.4 Å². The van der Waals surface area contributed by atoms with Gasteiger partial charge in [-0.1, -0.05) is 51.3 Å². The zero-order valence-electron chi connectivity index (χ0n) is 23.8. The van der Waals surface area contributed by atoms with Crippen molar-refractivity contribution >= 4 is 5.97 Å². The Kier molecular flexibility index (Phi) is 10.1.